The van der Waals surface area contributed by atoms with Gasteiger partial charge in [0.2, 0.25) is 5.91 Å². The van der Waals surface area contributed by atoms with Gasteiger partial charge in [0, 0.05) is 30.2 Å². The van der Waals surface area contributed by atoms with Crippen molar-refractivity contribution in [2.24, 2.45) is 5.92 Å². The molecule has 0 aliphatic carbocycles. The van der Waals surface area contributed by atoms with E-state index in [-0.39, 0.29) is 18.4 Å². The summed E-state index contributed by atoms with van der Waals surface area (Å²) >= 11 is 11.9. The van der Waals surface area contributed by atoms with Gasteiger partial charge in [0.05, 0.1) is 12.5 Å². The van der Waals surface area contributed by atoms with Gasteiger partial charge in [0.15, 0.2) is 0 Å². The van der Waals surface area contributed by atoms with E-state index in [0.717, 1.165) is 18.5 Å². The minimum absolute atomic E-state index is 0.0489. The molecule has 0 saturated carbocycles. The van der Waals surface area contributed by atoms with Crippen molar-refractivity contribution in [1.29, 1.82) is 0 Å². The van der Waals surface area contributed by atoms with Gasteiger partial charge in [-0.1, -0.05) is 23.2 Å². The number of hydrogen-bond acceptors (Lipinski definition) is 3. The van der Waals surface area contributed by atoms with E-state index >= 15 is 0 Å². The van der Waals surface area contributed by atoms with Gasteiger partial charge in [-0.25, -0.2) is 0 Å². The van der Waals surface area contributed by atoms with Crippen molar-refractivity contribution in [2.75, 3.05) is 26.7 Å². The average Bonchev–Trinajstić information content (AvgIpc) is 2.46. The highest BCUT2D eigenvalue weighted by Gasteiger charge is 2.27. The molecule has 0 spiro atoms. The minimum Gasteiger partial charge on any atom is -0.481 e. The maximum absolute atomic E-state index is 12.3. The lowest BCUT2D eigenvalue weighted by Gasteiger charge is -2.31. The lowest BCUT2D eigenvalue weighted by molar-refractivity contribution is -0.144. The Bertz CT molecular complexity index is 574. The molecule has 0 aromatic heterocycles. The summed E-state index contributed by atoms with van der Waals surface area (Å²) in [6.45, 7) is 1.83. The summed E-state index contributed by atoms with van der Waals surface area (Å²) in [6.07, 6.45) is 1.48. The smallest absolute Gasteiger partial charge is 0.307 e. The standard InChI is InChI=1S/C16H20Cl2N2O3/c1-19(8-11-5-13(17)7-14(18)6-11)15(21)10-20-4-2-3-12(9-20)16(22)23/h5-7,12H,2-4,8-10H2,1H3,(H,22,23). The van der Waals surface area contributed by atoms with Crippen molar-refractivity contribution in [1.82, 2.24) is 9.80 Å². The van der Waals surface area contributed by atoms with Crippen LogP contribution in [0.25, 0.3) is 0 Å². The first-order valence-electron chi connectivity index (χ1n) is 7.49. The molecule has 1 amide bonds. The Labute approximate surface area is 145 Å². The number of carbonyl (C=O) groups is 2. The van der Waals surface area contributed by atoms with Crippen molar-refractivity contribution in [3.8, 4) is 0 Å². The van der Waals surface area contributed by atoms with Gasteiger partial charge in [-0.05, 0) is 43.1 Å². The largest absolute Gasteiger partial charge is 0.481 e. The number of carboxylic acids is 1. The van der Waals surface area contributed by atoms with Crippen LogP contribution in [0.2, 0.25) is 10.0 Å². The molecule has 1 heterocycles. The topological polar surface area (TPSA) is 60.9 Å². The number of rotatable bonds is 5. The maximum atomic E-state index is 12.3. The molecule has 1 aliphatic heterocycles. The molecule has 126 valence electrons. The summed E-state index contributed by atoms with van der Waals surface area (Å²) in [7, 11) is 1.72. The zero-order chi connectivity index (χ0) is 17.0. The van der Waals surface area contributed by atoms with Crippen LogP contribution < -0.4 is 0 Å². The zero-order valence-electron chi connectivity index (χ0n) is 13.0. The van der Waals surface area contributed by atoms with Crippen molar-refractivity contribution in [3.05, 3.63) is 33.8 Å². The number of halogens is 2. The molecule has 1 atom stereocenters. The Balaban J connectivity index is 1.90. The van der Waals surface area contributed by atoms with E-state index in [0.29, 0.717) is 29.6 Å². The molecule has 1 aliphatic rings. The van der Waals surface area contributed by atoms with E-state index in [4.69, 9.17) is 28.3 Å². The Morgan fingerprint density at radius 2 is 1.96 bits per heavy atom. The summed E-state index contributed by atoms with van der Waals surface area (Å²) in [5.41, 5.74) is 0.861. The number of amides is 1. The van der Waals surface area contributed by atoms with Crippen molar-refractivity contribution >= 4 is 35.1 Å². The second-order valence-corrected chi connectivity index (χ2v) is 6.81. The van der Waals surface area contributed by atoms with Crippen LogP contribution in [0.1, 0.15) is 18.4 Å². The average molecular weight is 359 g/mol. The number of carboxylic acid groups (broad SMARTS) is 1. The normalized spacial score (nSPS) is 18.7. The predicted octanol–water partition coefficient (Wildman–Crippen LogP) is 2.75. The fourth-order valence-corrected chi connectivity index (χ4v) is 3.35. The maximum Gasteiger partial charge on any atom is 0.307 e. The van der Waals surface area contributed by atoms with Crippen LogP contribution in [0.3, 0.4) is 0 Å². The van der Waals surface area contributed by atoms with E-state index in [9.17, 15) is 9.59 Å². The van der Waals surface area contributed by atoms with Crippen LogP contribution in [0, 0.1) is 5.92 Å². The lowest BCUT2D eigenvalue weighted by Crippen LogP contribution is -2.44. The molecule has 1 saturated heterocycles. The number of aliphatic carboxylic acids is 1. The number of nitrogens with zero attached hydrogens (tertiary/aromatic N) is 2. The molecule has 23 heavy (non-hydrogen) atoms. The van der Waals surface area contributed by atoms with E-state index < -0.39 is 5.97 Å². The fraction of sp³-hybridized carbons (Fsp3) is 0.500. The van der Waals surface area contributed by atoms with Gasteiger partial charge < -0.3 is 10.0 Å². The van der Waals surface area contributed by atoms with Crippen LogP contribution >= 0.6 is 23.2 Å². The first-order chi connectivity index (χ1) is 10.8. The number of benzene rings is 1. The molecule has 1 aromatic rings. The number of likely N-dealkylation sites (N-methyl/N-ethyl adjacent to an activating group) is 1. The molecule has 1 aromatic carbocycles. The highest BCUT2D eigenvalue weighted by molar-refractivity contribution is 6.34. The highest BCUT2D eigenvalue weighted by Crippen LogP contribution is 2.20. The van der Waals surface area contributed by atoms with Gasteiger partial charge in [-0.3, -0.25) is 14.5 Å². The summed E-state index contributed by atoms with van der Waals surface area (Å²) in [4.78, 5) is 26.9. The minimum atomic E-state index is -0.788. The van der Waals surface area contributed by atoms with Gasteiger partial charge >= 0.3 is 5.97 Å². The van der Waals surface area contributed by atoms with Crippen LogP contribution in [-0.4, -0.2) is 53.5 Å². The van der Waals surface area contributed by atoms with Crippen molar-refractivity contribution < 1.29 is 14.7 Å². The fourth-order valence-electron chi connectivity index (χ4n) is 2.78. The van der Waals surface area contributed by atoms with Crippen LogP contribution in [-0.2, 0) is 16.1 Å². The number of hydrogen-bond donors (Lipinski definition) is 1. The molecule has 5 nitrogen and oxygen atoms in total. The number of carbonyl (C=O) groups excluding carboxylic acids is 1. The van der Waals surface area contributed by atoms with Gasteiger partial charge in [0.1, 0.15) is 0 Å². The van der Waals surface area contributed by atoms with Gasteiger partial charge in [0.25, 0.3) is 0 Å². The first-order valence-corrected chi connectivity index (χ1v) is 8.25. The third-order valence-electron chi connectivity index (χ3n) is 3.98. The molecule has 2 rings (SSSR count). The molecular weight excluding hydrogens is 339 g/mol. The van der Waals surface area contributed by atoms with Crippen LogP contribution in [0.4, 0.5) is 0 Å². The Hall–Kier alpha value is -1.30. The summed E-state index contributed by atoms with van der Waals surface area (Å²) in [6, 6.07) is 5.20. The third-order valence-corrected chi connectivity index (χ3v) is 4.42. The Kier molecular flexibility index (Phi) is 6.27. The third kappa shape index (κ3) is 5.37. The second kappa shape index (κ2) is 7.99. The molecule has 1 N–H and O–H groups in total. The zero-order valence-corrected chi connectivity index (χ0v) is 14.5. The first kappa shape index (κ1) is 18.0. The second-order valence-electron chi connectivity index (χ2n) is 5.94. The van der Waals surface area contributed by atoms with Gasteiger partial charge in [-0.2, -0.15) is 0 Å². The van der Waals surface area contributed by atoms with E-state index in [2.05, 4.69) is 0 Å². The molecule has 1 fully saturated rings. The van der Waals surface area contributed by atoms with Crippen molar-refractivity contribution in [2.45, 2.75) is 19.4 Å². The van der Waals surface area contributed by atoms with E-state index in [1.54, 1.807) is 30.1 Å². The SMILES string of the molecule is CN(Cc1cc(Cl)cc(Cl)c1)C(=O)CN1CCCC(C(=O)O)C1. The predicted molar refractivity (Wildman–Crippen MR) is 89.7 cm³/mol. The number of likely N-dealkylation sites (tertiary alicyclic amines) is 1. The monoisotopic (exact) mass is 358 g/mol. The lowest BCUT2D eigenvalue weighted by atomic mass is 9.98. The van der Waals surface area contributed by atoms with E-state index in [1.807, 2.05) is 4.90 Å². The van der Waals surface area contributed by atoms with Gasteiger partial charge in [-0.15, -0.1) is 0 Å². The van der Waals surface area contributed by atoms with E-state index in [1.165, 1.54) is 0 Å². The molecule has 0 bridgehead atoms. The Morgan fingerprint density at radius 3 is 2.57 bits per heavy atom. The van der Waals surface area contributed by atoms with Crippen LogP contribution in [0.5, 0.6) is 0 Å². The molecule has 7 heteroatoms. The number of piperidine rings is 1. The summed E-state index contributed by atoms with van der Waals surface area (Å²) < 4.78 is 0. The Morgan fingerprint density at radius 1 is 1.30 bits per heavy atom. The summed E-state index contributed by atoms with van der Waals surface area (Å²) in [5, 5.41) is 10.2. The molecular formula is C16H20Cl2N2O3. The molecule has 1 unspecified atom stereocenters. The quantitative estimate of drug-likeness (QED) is 0.878. The van der Waals surface area contributed by atoms with Crippen molar-refractivity contribution in [3.63, 3.8) is 0 Å². The molecule has 0 radical (unpaired) electrons. The highest BCUT2D eigenvalue weighted by atomic mass is 35.5. The van der Waals surface area contributed by atoms with Crippen LogP contribution in [0.15, 0.2) is 18.2 Å². The summed E-state index contributed by atoms with van der Waals surface area (Å²) in [5.74, 6) is -1.22.